The molecule has 0 radical (unpaired) electrons. The second-order valence-corrected chi connectivity index (χ2v) is 9.48. The predicted octanol–water partition coefficient (Wildman–Crippen LogP) is 12.0. The smallest absolute Gasteiger partial charge is 0.0459 e. The van der Waals surface area contributed by atoms with Crippen LogP contribution in [0, 0.1) is 12.8 Å². The molecule has 0 aliphatic carbocycles. The molecule has 1 aromatic carbocycles. The van der Waals surface area contributed by atoms with Gasteiger partial charge in [0.1, 0.15) is 0 Å². The number of nitrogens with zero attached hydrogens (tertiary/aromatic N) is 1. The summed E-state index contributed by atoms with van der Waals surface area (Å²) >= 11 is 0. The number of benzene rings is 1. The molecule has 0 aliphatic rings. The van der Waals surface area contributed by atoms with Crippen molar-refractivity contribution in [2.24, 2.45) is 10.9 Å². The molecular weight excluding hydrogens is 462 g/mol. The third kappa shape index (κ3) is 26.9. The van der Waals surface area contributed by atoms with Gasteiger partial charge in [-0.25, -0.2) is 0 Å². The minimum absolute atomic E-state index is 0.663. The Hall–Kier alpha value is -2.19. The fraction of sp³-hybridized carbons (Fsp3) is 0.583. The first-order valence-electron chi connectivity index (χ1n) is 15.0. The lowest BCUT2D eigenvalue weighted by molar-refractivity contribution is 0.199. The first-order valence-corrected chi connectivity index (χ1v) is 15.0. The lowest BCUT2D eigenvalue weighted by Crippen LogP contribution is -1.89. The summed E-state index contributed by atoms with van der Waals surface area (Å²) in [7, 11) is 1.71. The molecule has 1 rings (SSSR count). The highest BCUT2D eigenvalue weighted by Crippen LogP contribution is 2.17. The molecule has 2 nitrogen and oxygen atoms in total. The van der Waals surface area contributed by atoms with Crippen molar-refractivity contribution in [2.45, 2.75) is 121 Å². The zero-order chi connectivity index (χ0) is 29.6. The van der Waals surface area contributed by atoms with Crippen LogP contribution in [-0.4, -0.2) is 19.9 Å². The van der Waals surface area contributed by atoms with Crippen molar-refractivity contribution in [3.05, 3.63) is 77.5 Å². The van der Waals surface area contributed by atoms with E-state index in [-0.39, 0.29) is 0 Å². The van der Waals surface area contributed by atoms with Gasteiger partial charge in [-0.15, -0.1) is 0 Å². The van der Waals surface area contributed by atoms with Crippen molar-refractivity contribution in [3.8, 4) is 0 Å². The van der Waals surface area contributed by atoms with Crippen LogP contribution >= 0.6 is 0 Å². The zero-order valence-corrected chi connectivity index (χ0v) is 27.2. The van der Waals surface area contributed by atoms with E-state index in [1.165, 1.54) is 54.5 Å². The monoisotopic (exact) mass is 525 g/mol. The van der Waals surface area contributed by atoms with E-state index in [0.717, 1.165) is 31.4 Å². The minimum Gasteiger partial charge on any atom is -0.385 e. The number of rotatable bonds is 13. The van der Waals surface area contributed by atoms with Crippen molar-refractivity contribution in [1.29, 1.82) is 0 Å². The van der Waals surface area contributed by atoms with Gasteiger partial charge in [-0.3, -0.25) is 4.99 Å². The van der Waals surface area contributed by atoms with Gasteiger partial charge in [-0.2, -0.15) is 0 Å². The van der Waals surface area contributed by atoms with Crippen LogP contribution in [0.3, 0.4) is 0 Å². The molecule has 0 aliphatic heterocycles. The number of unbranched alkanes of at least 4 members (excludes halogenated alkanes) is 2. The summed E-state index contributed by atoms with van der Waals surface area (Å²) < 4.78 is 4.69. The van der Waals surface area contributed by atoms with E-state index in [1.54, 1.807) is 7.11 Å². The summed E-state index contributed by atoms with van der Waals surface area (Å²) in [5.74, 6) is 0.663. The summed E-state index contributed by atoms with van der Waals surface area (Å²) in [5.41, 5.74) is 6.22. The second-order valence-electron chi connectivity index (χ2n) is 9.48. The van der Waals surface area contributed by atoms with Gasteiger partial charge in [0.2, 0.25) is 0 Å². The van der Waals surface area contributed by atoms with Gasteiger partial charge in [0, 0.05) is 25.6 Å². The van der Waals surface area contributed by atoms with Crippen LogP contribution in [0.1, 0.15) is 125 Å². The number of hydrogen-bond acceptors (Lipinski definition) is 2. The molecular formula is C36H63NO. The normalized spacial score (nSPS) is 12.2. The van der Waals surface area contributed by atoms with Gasteiger partial charge in [0.05, 0.1) is 0 Å². The predicted molar refractivity (Wildman–Crippen MR) is 177 cm³/mol. The standard InChI is InChI=1S/C16H20.C12H23N.C4H10O.C4H10/c1-5-13(3)7-10-15(6-2)16-11-8-14(4)9-12-16;1-5-8-9-12(13-7-3)10-11(4)6-2;1-3-4-5-2;1-3-4-2/h6-12H,3,5H2,1-2,4H3;7,10-11H,5-6,8-9H2,1-4H3;3-4H2,1-2H3;3-4H2,1-2H3/b10-7-,15-6+;12-10-,13-7?;;. The molecule has 0 aromatic heterocycles. The van der Waals surface area contributed by atoms with E-state index >= 15 is 0 Å². The van der Waals surface area contributed by atoms with Gasteiger partial charge in [-0.1, -0.05) is 140 Å². The summed E-state index contributed by atoms with van der Waals surface area (Å²) in [6.45, 7) is 26.3. The third-order valence-corrected chi connectivity index (χ3v) is 5.76. The lowest BCUT2D eigenvalue weighted by atomic mass is 10.0. The Morgan fingerprint density at radius 3 is 1.89 bits per heavy atom. The van der Waals surface area contributed by atoms with Gasteiger partial charge >= 0.3 is 0 Å². The first kappa shape index (κ1) is 40.3. The van der Waals surface area contributed by atoms with Crippen LogP contribution in [0.25, 0.3) is 5.57 Å². The number of aryl methyl sites for hydroxylation is 1. The van der Waals surface area contributed by atoms with E-state index in [4.69, 9.17) is 4.74 Å². The van der Waals surface area contributed by atoms with Crippen LogP contribution in [0.4, 0.5) is 0 Å². The van der Waals surface area contributed by atoms with Crippen molar-refractivity contribution >= 4 is 11.8 Å². The summed E-state index contributed by atoms with van der Waals surface area (Å²) in [6.07, 6.45) is 20.1. The molecule has 1 aromatic rings. The maximum atomic E-state index is 4.69. The molecule has 0 spiro atoms. The van der Waals surface area contributed by atoms with E-state index < -0.39 is 0 Å². The van der Waals surface area contributed by atoms with E-state index in [9.17, 15) is 0 Å². The largest absolute Gasteiger partial charge is 0.385 e. The van der Waals surface area contributed by atoms with Crippen LogP contribution < -0.4 is 0 Å². The lowest BCUT2D eigenvalue weighted by Gasteiger charge is -2.05. The minimum atomic E-state index is 0.663. The van der Waals surface area contributed by atoms with Gasteiger partial charge in [0.25, 0.3) is 0 Å². The SMILES string of the molecule is C=C(/C=C\C(=C/C)c1ccc(C)cc1)CC.CC=N/C(=C\C(C)CC)CCCC.CCCC.CCCOC. The van der Waals surface area contributed by atoms with Crippen LogP contribution in [0.5, 0.6) is 0 Å². The summed E-state index contributed by atoms with van der Waals surface area (Å²) in [6, 6.07) is 8.59. The number of allylic oxidation sites excluding steroid dienone is 7. The molecule has 38 heavy (non-hydrogen) atoms. The molecule has 0 heterocycles. The molecule has 2 heteroatoms. The summed E-state index contributed by atoms with van der Waals surface area (Å²) in [4.78, 5) is 4.39. The van der Waals surface area contributed by atoms with Gasteiger partial charge in [-0.05, 0) is 63.5 Å². The molecule has 1 atom stereocenters. The second kappa shape index (κ2) is 31.0. The molecule has 0 amide bonds. The highest BCUT2D eigenvalue weighted by molar-refractivity contribution is 5.74. The Kier molecular flexibility index (Phi) is 32.9. The van der Waals surface area contributed by atoms with E-state index in [1.807, 2.05) is 13.1 Å². The van der Waals surface area contributed by atoms with Crippen LogP contribution in [0.15, 0.2) is 71.4 Å². The number of ether oxygens (including phenoxy) is 1. The molecule has 0 bridgehead atoms. The number of methoxy groups -OCH3 is 1. The van der Waals surface area contributed by atoms with E-state index in [0.29, 0.717) is 5.92 Å². The molecule has 1 unspecified atom stereocenters. The first-order chi connectivity index (χ1) is 18.2. The highest BCUT2D eigenvalue weighted by atomic mass is 16.5. The molecule has 0 fully saturated rings. The summed E-state index contributed by atoms with van der Waals surface area (Å²) in [5, 5.41) is 0. The maximum absolute atomic E-state index is 4.69. The average Bonchev–Trinajstić information content (AvgIpc) is 2.94. The Balaban J connectivity index is -0.000000496. The highest BCUT2D eigenvalue weighted by Gasteiger charge is 1.98. The van der Waals surface area contributed by atoms with Crippen molar-refractivity contribution in [2.75, 3.05) is 13.7 Å². The molecule has 0 saturated carbocycles. The van der Waals surface area contributed by atoms with Gasteiger partial charge in [0.15, 0.2) is 0 Å². The van der Waals surface area contributed by atoms with Crippen LogP contribution in [-0.2, 0) is 4.74 Å². The Bertz CT molecular complexity index is 761. The van der Waals surface area contributed by atoms with Crippen molar-refractivity contribution in [1.82, 2.24) is 0 Å². The molecule has 218 valence electrons. The fourth-order valence-corrected chi connectivity index (χ4v) is 2.80. The topological polar surface area (TPSA) is 21.6 Å². The fourth-order valence-electron chi connectivity index (χ4n) is 2.80. The Morgan fingerprint density at radius 2 is 1.53 bits per heavy atom. The molecule has 0 saturated heterocycles. The number of aliphatic imine (C=N–C) groups is 1. The quantitative estimate of drug-likeness (QED) is 0.185. The van der Waals surface area contributed by atoms with Gasteiger partial charge < -0.3 is 4.74 Å². The number of hydrogen-bond donors (Lipinski definition) is 0. The Labute approximate surface area is 239 Å². The average molecular weight is 526 g/mol. The van der Waals surface area contributed by atoms with E-state index in [2.05, 4.69) is 122 Å². The molecule has 0 N–H and O–H groups in total. The Morgan fingerprint density at radius 1 is 0.921 bits per heavy atom. The third-order valence-electron chi connectivity index (χ3n) is 5.76. The maximum Gasteiger partial charge on any atom is 0.0459 e. The van der Waals surface area contributed by atoms with Crippen LogP contribution in [0.2, 0.25) is 0 Å². The van der Waals surface area contributed by atoms with Crippen molar-refractivity contribution < 1.29 is 4.74 Å². The zero-order valence-electron chi connectivity index (χ0n) is 27.2. The van der Waals surface area contributed by atoms with Crippen molar-refractivity contribution in [3.63, 3.8) is 0 Å².